The van der Waals surface area contributed by atoms with Crippen molar-refractivity contribution < 1.29 is 9.53 Å². The second-order valence-electron chi connectivity index (χ2n) is 2.21. The number of hydrogen-bond acceptors (Lipinski definition) is 3. The maximum absolute atomic E-state index is 10.8. The summed E-state index contributed by atoms with van der Waals surface area (Å²) in [5.74, 6) is -0.242. The van der Waals surface area contributed by atoms with Gasteiger partial charge in [-0.15, -0.1) is 12.4 Å². The smallest absolute Gasteiger partial charge is 0.267 e. The fourth-order valence-corrected chi connectivity index (χ4v) is 0.669. The monoisotopic (exact) mass is 166 g/mol. The van der Waals surface area contributed by atoms with Crippen LogP contribution in [0, 0.1) is 0 Å². The molecule has 0 aromatic rings. The van der Waals surface area contributed by atoms with Gasteiger partial charge in [0.25, 0.3) is 5.91 Å². The zero-order chi connectivity index (χ0) is 6.91. The summed E-state index contributed by atoms with van der Waals surface area (Å²) in [6, 6.07) is 0. The Morgan fingerprint density at radius 2 is 2.40 bits per heavy atom. The zero-order valence-electron chi connectivity index (χ0n) is 5.72. The van der Waals surface area contributed by atoms with Crippen LogP contribution in [-0.2, 0) is 9.53 Å². The first-order chi connectivity index (χ1) is 4.13. The van der Waals surface area contributed by atoms with Gasteiger partial charge < -0.3 is 10.1 Å². The van der Waals surface area contributed by atoms with Crippen molar-refractivity contribution in [2.24, 2.45) is 5.73 Å². The number of hydrogen-bond donors (Lipinski definition) is 2. The van der Waals surface area contributed by atoms with Gasteiger partial charge in [0.1, 0.15) is 0 Å². The van der Waals surface area contributed by atoms with E-state index in [1.165, 1.54) is 0 Å². The van der Waals surface area contributed by atoms with Crippen molar-refractivity contribution in [3.63, 3.8) is 0 Å². The molecule has 1 saturated heterocycles. The Labute approximate surface area is 65.5 Å². The van der Waals surface area contributed by atoms with Gasteiger partial charge in [-0.05, 0) is 6.92 Å². The van der Waals surface area contributed by atoms with E-state index in [9.17, 15) is 4.79 Å². The van der Waals surface area contributed by atoms with Gasteiger partial charge in [0.15, 0.2) is 5.72 Å². The van der Waals surface area contributed by atoms with Crippen molar-refractivity contribution in [3.05, 3.63) is 0 Å². The number of amides is 1. The normalized spacial score (nSPS) is 32.4. The molecule has 1 heterocycles. The fraction of sp³-hybridized carbons (Fsp3) is 0.800. The second-order valence-corrected chi connectivity index (χ2v) is 2.21. The van der Waals surface area contributed by atoms with Gasteiger partial charge in [-0.25, -0.2) is 0 Å². The molecule has 5 heteroatoms. The van der Waals surface area contributed by atoms with Crippen LogP contribution in [0.5, 0.6) is 0 Å². The van der Waals surface area contributed by atoms with Crippen LogP contribution in [0.2, 0.25) is 0 Å². The third-order valence-electron chi connectivity index (χ3n) is 1.24. The molecule has 1 rings (SSSR count). The van der Waals surface area contributed by atoms with Gasteiger partial charge in [0.2, 0.25) is 0 Å². The van der Waals surface area contributed by atoms with Crippen molar-refractivity contribution in [2.45, 2.75) is 12.6 Å². The van der Waals surface area contributed by atoms with E-state index in [-0.39, 0.29) is 18.3 Å². The Hall–Kier alpha value is -0.320. The molecule has 1 aliphatic rings. The number of ether oxygens (including phenoxy) is 1. The van der Waals surface area contributed by atoms with E-state index in [1.54, 1.807) is 6.92 Å². The minimum atomic E-state index is -1.11. The summed E-state index contributed by atoms with van der Waals surface area (Å²) in [4.78, 5) is 10.8. The third kappa shape index (κ3) is 1.83. The van der Waals surface area contributed by atoms with Crippen LogP contribution in [0.15, 0.2) is 0 Å². The summed E-state index contributed by atoms with van der Waals surface area (Å²) in [7, 11) is 0. The molecule has 1 unspecified atom stereocenters. The number of nitrogens with one attached hydrogen (secondary N) is 1. The molecule has 0 aromatic heterocycles. The van der Waals surface area contributed by atoms with Crippen LogP contribution in [0.1, 0.15) is 6.92 Å². The highest BCUT2D eigenvalue weighted by Crippen LogP contribution is 2.04. The van der Waals surface area contributed by atoms with Crippen LogP contribution in [0.25, 0.3) is 0 Å². The van der Waals surface area contributed by atoms with E-state index in [0.717, 1.165) is 0 Å². The van der Waals surface area contributed by atoms with Crippen LogP contribution >= 0.6 is 12.4 Å². The van der Waals surface area contributed by atoms with Gasteiger partial charge in [-0.1, -0.05) is 0 Å². The Kier molecular flexibility index (Phi) is 3.08. The molecule has 4 nitrogen and oxygen atoms in total. The number of rotatable bonds is 0. The zero-order valence-corrected chi connectivity index (χ0v) is 6.53. The predicted octanol–water partition coefficient (Wildman–Crippen LogP) is -0.770. The quantitative estimate of drug-likeness (QED) is 0.497. The largest absolute Gasteiger partial charge is 0.350 e. The summed E-state index contributed by atoms with van der Waals surface area (Å²) in [5, 5.41) is 2.58. The number of halogens is 1. The van der Waals surface area contributed by atoms with E-state index in [4.69, 9.17) is 10.5 Å². The molecule has 0 saturated carbocycles. The Morgan fingerprint density at radius 3 is 2.70 bits per heavy atom. The van der Waals surface area contributed by atoms with Crippen LogP contribution < -0.4 is 11.1 Å². The van der Waals surface area contributed by atoms with E-state index < -0.39 is 5.72 Å². The van der Waals surface area contributed by atoms with Crippen LogP contribution in [0.4, 0.5) is 0 Å². The Bertz CT molecular complexity index is 138. The molecule has 0 bridgehead atoms. The summed E-state index contributed by atoms with van der Waals surface area (Å²) < 4.78 is 4.94. The lowest BCUT2D eigenvalue weighted by Gasteiger charge is -2.28. The second kappa shape index (κ2) is 3.18. The topological polar surface area (TPSA) is 64.3 Å². The molecule has 10 heavy (non-hydrogen) atoms. The van der Waals surface area contributed by atoms with Crippen molar-refractivity contribution in [3.8, 4) is 0 Å². The average Bonchev–Trinajstić information content (AvgIpc) is 1.77. The van der Waals surface area contributed by atoms with E-state index >= 15 is 0 Å². The molecule has 1 atom stereocenters. The maximum atomic E-state index is 10.8. The first-order valence-electron chi connectivity index (χ1n) is 2.84. The molecule has 60 valence electrons. The molecule has 3 N–H and O–H groups in total. The van der Waals surface area contributed by atoms with Crippen molar-refractivity contribution >= 4 is 18.3 Å². The minimum Gasteiger partial charge on any atom is -0.350 e. The standard InChI is InChI=1S/C5H10N2O2.ClH/c1-5(6)4(8)7-2-3-9-5;/h2-3,6H2,1H3,(H,7,8);1H. The highest BCUT2D eigenvalue weighted by molar-refractivity contribution is 5.85. The lowest BCUT2D eigenvalue weighted by Crippen LogP contribution is -2.58. The van der Waals surface area contributed by atoms with Crippen molar-refractivity contribution in [1.82, 2.24) is 5.32 Å². The Morgan fingerprint density at radius 1 is 1.80 bits per heavy atom. The molecule has 0 radical (unpaired) electrons. The number of nitrogens with two attached hydrogens (primary N) is 1. The van der Waals surface area contributed by atoms with Crippen molar-refractivity contribution in [1.29, 1.82) is 0 Å². The van der Waals surface area contributed by atoms with Gasteiger partial charge in [-0.3, -0.25) is 10.5 Å². The number of morpholine rings is 1. The highest BCUT2D eigenvalue weighted by atomic mass is 35.5. The summed E-state index contributed by atoms with van der Waals surface area (Å²) in [6.45, 7) is 2.60. The van der Waals surface area contributed by atoms with E-state index in [2.05, 4.69) is 5.32 Å². The van der Waals surface area contributed by atoms with Gasteiger partial charge >= 0.3 is 0 Å². The van der Waals surface area contributed by atoms with Gasteiger partial charge in [0, 0.05) is 6.54 Å². The molecule has 0 aliphatic carbocycles. The number of carbonyl (C=O) groups is 1. The minimum absolute atomic E-state index is 0. The first-order valence-corrected chi connectivity index (χ1v) is 2.84. The van der Waals surface area contributed by atoms with Crippen LogP contribution in [0.3, 0.4) is 0 Å². The van der Waals surface area contributed by atoms with Crippen molar-refractivity contribution in [2.75, 3.05) is 13.2 Å². The molecular weight excluding hydrogens is 156 g/mol. The molecule has 1 amide bonds. The lowest BCUT2D eigenvalue weighted by molar-refractivity contribution is -0.150. The SMILES string of the molecule is CC1(N)OCCNC1=O.Cl. The molecule has 0 aromatic carbocycles. The maximum Gasteiger partial charge on any atom is 0.267 e. The van der Waals surface area contributed by atoms with Crippen LogP contribution in [-0.4, -0.2) is 24.8 Å². The highest BCUT2D eigenvalue weighted by Gasteiger charge is 2.31. The molecular formula is C5H11ClN2O2. The van der Waals surface area contributed by atoms with E-state index in [0.29, 0.717) is 13.2 Å². The average molecular weight is 167 g/mol. The molecule has 1 aliphatic heterocycles. The molecule has 1 fully saturated rings. The van der Waals surface area contributed by atoms with Gasteiger partial charge in [0.05, 0.1) is 6.61 Å². The Balaban J connectivity index is 0.000000810. The number of carbonyl (C=O) groups excluding carboxylic acids is 1. The first kappa shape index (κ1) is 9.68. The summed E-state index contributed by atoms with van der Waals surface area (Å²) >= 11 is 0. The van der Waals surface area contributed by atoms with E-state index in [1.807, 2.05) is 0 Å². The predicted molar refractivity (Wildman–Crippen MR) is 38.8 cm³/mol. The fourth-order valence-electron chi connectivity index (χ4n) is 0.669. The van der Waals surface area contributed by atoms with Gasteiger partial charge in [-0.2, -0.15) is 0 Å². The molecule has 0 spiro atoms. The summed E-state index contributed by atoms with van der Waals surface area (Å²) in [6.07, 6.45) is 0. The lowest BCUT2D eigenvalue weighted by atomic mass is 10.2. The summed E-state index contributed by atoms with van der Waals surface area (Å²) in [5.41, 5.74) is 4.27. The third-order valence-corrected chi connectivity index (χ3v) is 1.24.